The smallest absolute Gasteiger partial charge is 0.128 e. The van der Waals surface area contributed by atoms with Gasteiger partial charge in [-0.05, 0) is 61.8 Å². The van der Waals surface area contributed by atoms with Gasteiger partial charge in [-0.2, -0.15) is 0 Å². The number of hydrogen-bond donors (Lipinski definition) is 2. The molecule has 0 heterocycles. The molecule has 2 rings (SSSR count). The molecule has 0 fully saturated rings. The highest BCUT2D eigenvalue weighted by Gasteiger charge is 2.19. The number of nitrogens with one attached hydrogen (secondary N) is 1. The zero-order valence-corrected chi connectivity index (χ0v) is 14.1. The van der Waals surface area contributed by atoms with Gasteiger partial charge in [-0.25, -0.2) is 0 Å². The van der Waals surface area contributed by atoms with E-state index in [0.29, 0.717) is 5.75 Å². The largest absolute Gasteiger partial charge is 0.508 e. The summed E-state index contributed by atoms with van der Waals surface area (Å²) in [6.45, 7) is 6.25. The van der Waals surface area contributed by atoms with Gasteiger partial charge < -0.3 is 10.4 Å². The highest BCUT2D eigenvalue weighted by molar-refractivity contribution is 6.00. The summed E-state index contributed by atoms with van der Waals surface area (Å²) in [6.07, 6.45) is 9.07. The number of phenols is 1. The Morgan fingerprint density at radius 3 is 2.55 bits per heavy atom. The molecule has 0 spiro atoms. The summed E-state index contributed by atoms with van der Waals surface area (Å²) in [5, 5.41) is 13.7. The second-order valence-electron chi connectivity index (χ2n) is 6.16. The lowest BCUT2D eigenvalue weighted by Crippen LogP contribution is -2.28. The Morgan fingerprint density at radius 1 is 1.09 bits per heavy atom. The van der Waals surface area contributed by atoms with Crippen molar-refractivity contribution in [3.8, 4) is 5.75 Å². The van der Waals surface area contributed by atoms with E-state index in [1.807, 2.05) is 12.1 Å². The summed E-state index contributed by atoms with van der Waals surface area (Å²) in [4.78, 5) is 4.82. The van der Waals surface area contributed by atoms with Crippen LogP contribution in [0.4, 0.5) is 0 Å². The maximum absolute atomic E-state index is 10.1. The molecule has 0 saturated carbocycles. The van der Waals surface area contributed by atoms with Crippen LogP contribution in [0.2, 0.25) is 0 Å². The molecule has 0 saturated heterocycles. The number of hydrogen-bond acceptors (Lipinski definition) is 2. The Kier molecular flexibility index (Phi) is 6.75. The molecule has 1 aliphatic rings. The number of amidine groups is 1. The summed E-state index contributed by atoms with van der Waals surface area (Å²) < 4.78 is 0. The number of aliphatic imine (C=N–C) groups is 1. The minimum atomic E-state index is 0.458. The topological polar surface area (TPSA) is 44.6 Å². The van der Waals surface area contributed by atoms with Crippen molar-refractivity contribution in [2.75, 3.05) is 13.1 Å². The lowest BCUT2D eigenvalue weighted by atomic mass is 9.87. The number of aromatic hydroxyl groups is 1. The van der Waals surface area contributed by atoms with Gasteiger partial charge in [0.15, 0.2) is 0 Å². The minimum absolute atomic E-state index is 0.458. The molecule has 1 aromatic rings. The number of fused-ring (bicyclic) bond motifs is 1. The standard InChI is InChI=1S/C19H30N2O/c1-3-5-13-20-19(21-14-6-4-2)17-11-12-18(22)16-10-8-7-9-15(16)17/h11-12,22H,3-10,13-14H2,1-2H3,(H,20,21). The second kappa shape index (κ2) is 8.82. The van der Waals surface area contributed by atoms with Crippen LogP contribution in [0.15, 0.2) is 17.1 Å². The first-order valence-corrected chi connectivity index (χ1v) is 8.90. The van der Waals surface area contributed by atoms with Crippen molar-refractivity contribution in [2.45, 2.75) is 65.2 Å². The van der Waals surface area contributed by atoms with Gasteiger partial charge in [-0.1, -0.05) is 26.7 Å². The monoisotopic (exact) mass is 302 g/mol. The van der Waals surface area contributed by atoms with Crippen molar-refractivity contribution < 1.29 is 5.11 Å². The second-order valence-corrected chi connectivity index (χ2v) is 6.16. The van der Waals surface area contributed by atoms with Gasteiger partial charge in [-0.3, -0.25) is 4.99 Å². The van der Waals surface area contributed by atoms with E-state index in [-0.39, 0.29) is 0 Å². The van der Waals surface area contributed by atoms with Crippen LogP contribution in [-0.2, 0) is 12.8 Å². The molecule has 2 N–H and O–H groups in total. The fraction of sp³-hybridized carbons (Fsp3) is 0.632. The average molecular weight is 302 g/mol. The van der Waals surface area contributed by atoms with Crippen molar-refractivity contribution in [1.29, 1.82) is 0 Å². The maximum Gasteiger partial charge on any atom is 0.128 e. The van der Waals surface area contributed by atoms with Crippen LogP contribution in [0.25, 0.3) is 0 Å². The third-order valence-electron chi connectivity index (χ3n) is 4.37. The van der Waals surface area contributed by atoms with Crippen molar-refractivity contribution in [3.05, 3.63) is 28.8 Å². The molecule has 0 bridgehead atoms. The highest BCUT2D eigenvalue weighted by atomic mass is 16.3. The lowest BCUT2D eigenvalue weighted by Gasteiger charge is -2.22. The van der Waals surface area contributed by atoms with Crippen molar-refractivity contribution >= 4 is 5.84 Å². The molecule has 0 amide bonds. The first kappa shape index (κ1) is 16.9. The summed E-state index contributed by atoms with van der Waals surface area (Å²) >= 11 is 0. The van der Waals surface area contributed by atoms with Gasteiger partial charge in [0, 0.05) is 18.7 Å². The van der Waals surface area contributed by atoms with E-state index in [1.165, 1.54) is 36.8 Å². The molecule has 3 nitrogen and oxygen atoms in total. The summed E-state index contributed by atoms with van der Waals surface area (Å²) in [7, 11) is 0. The van der Waals surface area contributed by atoms with E-state index in [4.69, 9.17) is 4.99 Å². The van der Waals surface area contributed by atoms with Crippen LogP contribution in [0.5, 0.6) is 5.75 Å². The van der Waals surface area contributed by atoms with Gasteiger partial charge in [0.2, 0.25) is 0 Å². The zero-order valence-electron chi connectivity index (χ0n) is 14.1. The van der Waals surface area contributed by atoms with Crippen LogP contribution in [-0.4, -0.2) is 24.0 Å². The quantitative estimate of drug-likeness (QED) is 0.450. The molecule has 1 aromatic carbocycles. The normalized spacial score (nSPS) is 14.7. The number of phenolic OH excluding ortho intramolecular Hbond substituents is 1. The molecule has 3 heteroatoms. The number of unbranched alkanes of at least 4 members (excludes halogenated alkanes) is 2. The molecule has 0 unspecified atom stereocenters. The molecular weight excluding hydrogens is 272 g/mol. The molecule has 0 radical (unpaired) electrons. The highest BCUT2D eigenvalue weighted by Crippen LogP contribution is 2.31. The van der Waals surface area contributed by atoms with E-state index < -0.39 is 0 Å². The maximum atomic E-state index is 10.1. The molecular formula is C19H30N2O. The minimum Gasteiger partial charge on any atom is -0.508 e. The van der Waals surface area contributed by atoms with Crippen LogP contribution >= 0.6 is 0 Å². The van der Waals surface area contributed by atoms with Gasteiger partial charge in [0.1, 0.15) is 11.6 Å². The van der Waals surface area contributed by atoms with Crippen LogP contribution in [0, 0.1) is 0 Å². The van der Waals surface area contributed by atoms with E-state index in [1.54, 1.807) is 0 Å². The third kappa shape index (κ3) is 4.25. The fourth-order valence-electron chi connectivity index (χ4n) is 3.04. The zero-order chi connectivity index (χ0) is 15.8. The summed E-state index contributed by atoms with van der Waals surface area (Å²) in [6, 6.07) is 3.89. The molecule has 122 valence electrons. The Labute approximate surface area is 134 Å². The molecule has 0 atom stereocenters. The molecule has 0 aliphatic heterocycles. The van der Waals surface area contributed by atoms with Gasteiger partial charge in [-0.15, -0.1) is 0 Å². The SMILES string of the molecule is CCCCN=C(NCCCC)c1ccc(O)c2c1CCCC2. The predicted octanol–water partition coefficient (Wildman–Crippen LogP) is 4.21. The Morgan fingerprint density at radius 2 is 1.82 bits per heavy atom. The Hall–Kier alpha value is -1.51. The predicted molar refractivity (Wildman–Crippen MR) is 94.0 cm³/mol. The number of benzene rings is 1. The third-order valence-corrected chi connectivity index (χ3v) is 4.37. The Bertz CT molecular complexity index is 508. The van der Waals surface area contributed by atoms with Crippen LogP contribution in [0.1, 0.15) is 69.1 Å². The van der Waals surface area contributed by atoms with Crippen molar-refractivity contribution in [1.82, 2.24) is 5.32 Å². The Balaban J connectivity index is 2.27. The van der Waals surface area contributed by atoms with Crippen LogP contribution in [0.3, 0.4) is 0 Å². The van der Waals surface area contributed by atoms with Crippen molar-refractivity contribution in [3.63, 3.8) is 0 Å². The van der Waals surface area contributed by atoms with Gasteiger partial charge >= 0.3 is 0 Å². The van der Waals surface area contributed by atoms with Gasteiger partial charge in [0.05, 0.1) is 0 Å². The fourth-order valence-corrected chi connectivity index (χ4v) is 3.04. The first-order chi connectivity index (χ1) is 10.8. The summed E-state index contributed by atoms with van der Waals surface area (Å²) in [5.41, 5.74) is 3.66. The van der Waals surface area contributed by atoms with Gasteiger partial charge in [0.25, 0.3) is 0 Å². The van der Waals surface area contributed by atoms with E-state index in [2.05, 4.69) is 19.2 Å². The number of rotatable bonds is 7. The van der Waals surface area contributed by atoms with Crippen molar-refractivity contribution in [2.24, 2.45) is 4.99 Å². The number of nitrogens with zero attached hydrogens (tertiary/aromatic N) is 1. The van der Waals surface area contributed by atoms with E-state index in [9.17, 15) is 5.11 Å². The molecule has 1 aliphatic carbocycles. The van der Waals surface area contributed by atoms with E-state index >= 15 is 0 Å². The van der Waals surface area contributed by atoms with E-state index in [0.717, 1.165) is 50.2 Å². The first-order valence-electron chi connectivity index (χ1n) is 8.90. The molecule has 0 aromatic heterocycles. The molecule has 22 heavy (non-hydrogen) atoms. The lowest BCUT2D eigenvalue weighted by molar-refractivity contribution is 0.462. The van der Waals surface area contributed by atoms with Crippen LogP contribution < -0.4 is 5.32 Å². The average Bonchev–Trinajstić information content (AvgIpc) is 2.55. The summed E-state index contributed by atoms with van der Waals surface area (Å²) in [5.74, 6) is 1.49.